The summed E-state index contributed by atoms with van der Waals surface area (Å²) in [5.41, 5.74) is 9.54. The van der Waals surface area contributed by atoms with Gasteiger partial charge in [-0.15, -0.1) is 0 Å². The van der Waals surface area contributed by atoms with Crippen LogP contribution in [0.4, 0.5) is 0 Å². The fourth-order valence-electron chi connectivity index (χ4n) is 6.25. The first kappa shape index (κ1) is 36.7. The number of ether oxygens (including phenoxy) is 4. The van der Waals surface area contributed by atoms with E-state index >= 15 is 0 Å². The lowest BCUT2D eigenvalue weighted by atomic mass is 9.86. The molecule has 2 aromatic carbocycles. The Kier molecular flexibility index (Phi) is 13.2. The fourth-order valence-corrected chi connectivity index (χ4v) is 6.25. The molecule has 48 heavy (non-hydrogen) atoms. The molecule has 2 atom stereocenters. The number of amides is 2. The topological polar surface area (TPSA) is 171 Å². The van der Waals surface area contributed by atoms with Gasteiger partial charge in [0.25, 0.3) is 5.91 Å². The van der Waals surface area contributed by atoms with Gasteiger partial charge in [0.1, 0.15) is 11.4 Å². The quantitative estimate of drug-likeness (QED) is 0.0780. The molecule has 13 nitrogen and oxygen atoms in total. The average Bonchev–Trinajstić information content (AvgIpc) is 3.07. The van der Waals surface area contributed by atoms with Crippen molar-refractivity contribution in [2.75, 3.05) is 46.2 Å². The molecule has 1 fully saturated rings. The summed E-state index contributed by atoms with van der Waals surface area (Å²) in [5.74, 6) is 0.461. The Bertz CT molecular complexity index is 1440. The highest BCUT2D eigenvalue weighted by Crippen LogP contribution is 2.39. The summed E-state index contributed by atoms with van der Waals surface area (Å²) >= 11 is 0. The zero-order valence-corrected chi connectivity index (χ0v) is 28.5. The zero-order valence-electron chi connectivity index (χ0n) is 28.5. The number of carbonyl (C=O) groups is 2. The van der Waals surface area contributed by atoms with Crippen LogP contribution in [0, 0.1) is 5.41 Å². The average molecular weight is 664 g/mol. The first-order valence-corrected chi connectivity index (χ1v) is 16.7. The largest absolute Gasteiger partial charge is 0.487 e. The summed E-state index contributed by atoms with van der Waals surface area (Å²) in [4.78, 5) is 31.6. The molecule has 0 spiro atoms. The Labute approximate surface area is 282 Å². The normalized spacial score (nSPS) is 18.6. The molecule has 0 aromatic heterocycles. The van der Waals surface area contributed by atoms with Gasteiger partial charge in [-0.25, -0.2) is 0 Å². The van der Waals surface area contributed by atoms with Crippen molar-refractivity contribution >= 4 is 17.8 Å². The second-order valence-corrected chi connectivity index (χ2v) is 12.8. The van der Waals surface area contributed by atoms with Crippen molar-refractivity contribution < 1.29 is 28.5 Å². The van der Waals surface area contributed by atoms with Crippen LogP contribution >= 0.6 is 0 Å². The molecule has 2 aromatic rings. The lowest BCUT2D eigenvalue weighted by Crippen LogP contribution is -2.62. The molecule has 2 heterocycles. The molecule has 1 unspecified atom stereocenters. The van der Waals surface area contributed by atoms with Crippen molar-refractivity contribution in [3.05, 3.63) is 75.7 Å². The molecule has 2 aliphatic rings. The second kappa shape index (κ2) is 17.3. The summed E-state index contributed by atoms with van der Waals surface area (Å²) in [6.07, 6.45) is 2.75. The van der Waals surface area contributed by atoms with Crippen molar-refractivity contribution in [1.82, 2.24) is 15.5 Å². The van der Waals surface area contributed by atoms with E-state index in [4.69, 9.17) is 29.9 Å². The van der Waals surface area contributed by atoms with E-state index < -0.39 is 17.2 Å². The second-order valence-electron chi connectivity index (χ2n) is 12.8. The number of azide groups is 1. The lowest BCUT2D eigenvalue weighted by molar-refractivity contribution is -0.133. The molecule has 1 saturated heterocycles. The minimum absolute atomic E-state index is 0.0552. The number of nitrogens with zero attached hydrogens (tertiary/aromatic N) is 4. The van der Waals surface area contributed by atoms with E-state index in [2.05, 4.69) is 20.7 Å². The minimum atomic E-state index is -0.523. The number of benzene rings is 2. The molecule has 0 radical (unpaired) electrons. The lowest BCUT2D eigenvalue weighted by Gasteiger charge is -2.45. The standard InChI is InChI=1S/C35H49N7O6/c1-5-35(6-2)24-31(43)42(33(36)40-35)29(14-16-45-18-20-47-21-19-46-17-15-38-41-37)25-10-9-11-26(22-25)32(44)39-28-23-34(3,4)48-30-13-8-7-12-27(28)30/h7-13,22,28-29H,5-6,14-21,23-24H2,1-4H3,(H2,36,40)(H,39,44)/t28-,29?/m0/s1. The van der Waals surface area contributed by atoms with E-state index in [0.29, 0.717) is 58.0 Å². The Hall–Kier alpha value is -4.16. The molecule has 260 valence electrons. The SMILES string of the molecule is CCC1(CC)CC(=O)N(C(CCOCCOCCOCCN=[N+]=[N-])c2cccc(C(=O)N[C@H]3CC(C)(C)Oc4ccccc43)c2)C(=N)N1. The molecule has 0 aliphatic carbocycles. The number of rotatable bonds is 18. The highest BCUT2D eigenvalue weighted by atomic mass is 16.5. The van der Waals surface area contributed by atoms with E-state index in [1.165, 1.54) is 4.90 Å². The van der Waals surface area contributed by atoms with Gasteiger partial charge in [0.15, 0.2) is 5.96 Å². The predicted molar refractivity (Wildman–Crippen MR) is 182 cm³/mol. The van der Waals surface area contributed by atoms with Crippen LogP contribution in [0.15, 0.2) is 53.6 Å². The van der Waals surface area contributed by atoms with Crippen LogP contribution in [0.3, 0.4) is 0 Å². The molecule has 3 N–H and O–H groups in total. The van der Waals surface area contributed by atoms with Crippen LogP contribution in [0.5, 0.6) is 5.75 Å². The van der Waals surface area contributed by atoms with Crippen LogP contribution in [0.1, 0.15) is 93.4 Å². The fraction of sp³-hybridized carbons (Fsp3) is 0.571. The molecule has 2 amide bonds. The summed E-state index contributed by atoms with van der Waals surface area (Å²) in [6.45, 7) is 10.5. The predicted octanol–water partition coefficient (Wildman–Crippen LogP) is 5.83. The van der Waals surface area contributed by atoms with Crippen molar-refractivity contribution in [2.45, 2.75) is 83.0 Å². The van der Waals surface area contributed by atoms with Gasteiger partial charge in [-0.1, -0.05) is 49.3 Å². The van der Waals surface area contributed by atoms with Crippen LogP contribution in [-0.4, -0.2) is 80.0 Å². The van der Waals surface area contributed by atoms with E-state index in [-0.39, 0.29) is 36.8 Å². The van der Waals surface area contributed by atoms with E-state index in [0.717, 1.165) is 29.7 Å². The Morgan fingerprint density at radius 2 is 1.77 bits per heavy atom. The molecule has 2 aliphatic heterocycles. The number of guanidine groups is 1. The van der Waals surface area contributed by atoms with Gasteiger partial charge in [-0.05, 0) is 62.4 Å². The highest BCUT2D eigenvalue weighted by Gasteiger charge is 2.42. The van der Waals surface area contributed by atoms with Gasteiger partial charge in [0.05, 0.1) is 51.5 Å². The maximum atomic E-state index is 13.7. The smallest absolute Gasteiger partial charge is 0.251 e. The monoisotopic (exact) mass is 663 g/mol. The van der Waals surface area contributed by atoms with Crippen LogP contribution in [0.2, 0.25) is 0 Å². The number of carbonyl (C=O) groups excluding carboxylic acids is 2. The molecule has 0 bridgehead atoms. The molecular weight excluding hydrogens is 614 g/mol. The summed E-state index contributed by atoms with van der Waals surface area (Å²) in [7, 11) is 0. The van der Waals surface area contributed by atoms with Crippen molar-refractivity contribution in [3.63, 3.8) is 0 Å². The molecule has 13 heteroatoms. The first-order chi connectivity index (χ1) is 23.1. The summed E-state index contributed by atoms with van der Waals surface area (Å²) in [6, 6.07) is 14.3. The number of para-hydroxylation sites is 1. The van der Waals surface area contributed by atoms with Crippen molar-refractivity contribution in [2.24, 2.45) is 5.11 Å². The number of fused-ring (bicyclic) bond motifs is 1. The van der Waals surface area contributed by atoms with Gasteiger partial charge in [-0.3, -0.25) is 19.9 Å². The Balaban J connectivity index is 1.44. The third-order valence-corrected chi connectivity index (χ3v) is 8.94. The third-order valence-electron chi connectivity index (χ3n) is 8.94. The van der Waals surface area contributed by atoms with Crippen LogP contribution in [0.25, 0.3) is 10.4 Å². The number of hydrogen-bond acceptors (Lipinski definition) is 8. The molecule has 4 rings (SSSR count). The van der Waals surface area contributed by atoms with Gasteiger partial charge in [0.2, 0.25) is 5.91 Å². The van der Waals surface area contributed by atoms with Crippen molar-refractivity contribution in [3.8, 4) is 5.75 Å². The van der Waals surface area contributed by atoms with Gasteiger partial charge < -0.3 is 29.6 Å². The van der Waals surface area contributed by atoms with Crippen LogP contribution in [-0.2, 0) is 19.0 Å². The Morgan fingerprint density at radius 1 is 1.08 bits per heavy atom. The zero-order chi connectivity index (χ0) is 34.6. The third kappa shape index (κ3) is 9.70. The van der Waals surface area contributed by atoms with E-state index in [1.54, 1.807) is 6.07 Å². The van der Waals surface area contributed by atoms with Crippen LogP contribution < -0.4 is 15.4 Å². The Morgan fingerprint density at radius 3 is 2.46 bits per heavy atom. The number of nitrogens with one attached hydrogen (secondary N) is 3. The highest BCUT2D eigenvalue weighted by molar-refractivity contribution is 6.00. The summed E-state index contributed by atoms with van der Waals surface area (Å²) in [5, 5.41) is 18.8. The minimum Gasteiger partial charge on any atom is -0.487 e. The van der Waals surface area contributed by atoms with Crippen molar-refractivity contribution in [1.29, 1.82) is 5.41 Å². The summed E-state index contributed by atoms with van der Waals surface area (Å²) < 4.78 is 22.9. The van der Waals surface area contributed by atoms with E-state index in [9.17, 15) is 9.59 Å². The van der Waals surface area contributed by atoms with Gasteiger partial charge in [0, 0.05) is 41.1 Å². The first-order valence-electron chi connectivity index (χ1n) is 16.7. The van der Waals surface area contributed by atoms with Gasteiger partial charge >= 0.3 is 0 Å². The maximum absolute atomic E-state index is 13.7. The maximum Gasteiger partial charge on any atom is 0.251 e. The molecule has 0 saturated carbocycles. The van der Waals surface area contributed by atoms with Gasteiger partial charge in [-0.2, -0.15) is 0 Å². The molecular formula is C35H49N7O6. The number of hydrogen-bond donors (Lipinski definition) is 3. The van der Waals surface area contributed by atoms with E-state index in [1.807, 2.05) is 70.2 Å².